The molecule has 0 bridgehead atoms. The van der Waals surface area contributed by atoms with Gasteiger partial charge in [-0.3, -0.25) is 9.78 Å². The van der Waals surface area contributed by atoms with Crippen molar-refractivity contribution in [1.29, 1.82) is 0 Å². The van der Waals surface area contributed by atoms with Gasteiger partial charge in [0.05, 0.1) is 16.1 Å². The second-order valence-corrected chi connectivity index (χ2v) is 5.94. The van der Waals surface area contributed by atoms with Gasteiger partial charge in [-0.2, -0.15) is 0 Å². The van der Waals surface area contributed by atoms with Crippen molar-refractivity contribution in [1.82, 2.24) is 9.88 Å². The fourth-order valence-corrected chi connectivity index (χ4v) is 3.25. The van der Waals surface area contributed by atoms with Crippen molar-refractivity contribution in [2.45, 2.75) is 18.9 Å². The third kappa shape index (κ3) is 2.65. The summed E-state index contributed by atoms with van der Waals surface area (Å²) in [5, 5.41) is 0. The third-order valence-corrected chi connectivity index (χ3v) is 4.75. The van der Waals surface area contributed by atoms with Crippen LogP contribution in [0.25, 0.3) is 0 Å². The molecule has 1 aliphatic heterocycles. The number of likely N-dealkylation sites (tertiary alicyclic amines) is 1. The Morgan fingerprint density at radius 3 is 2.81 bits per heavy atom. The summed E-state index contributed by atoms with van der Waals surface area (Å²) in [6.07, 6.45) is 5.54. The van der Waals surface area contributed by atoms with E-state index in [0.29, 0.717) is 15.7 Å². The fraction of sp³-hybridized carbons (Fsp3) is 0.250. The molecule has 1 aromatic carbocycles. The number of aromatic nitrogens is 1. The first-order valence-corrected chi connectivity index (χ1v) is 7.72. The van der Waals surface area contributed by atoms with Crippen LogP contribution in [0, 0.1) is 0 Å². The van der Waals surface area contributed by atoms with Crippen LogP contribution in [0.3, 0.4) is 0 Å². The number of halogens is 1. The number of rotatable bonds is 2. The number of carbonyl (C=O) groups excluding carboxylic acids is 1. The van der Waals surface area contributed by atoms with Crippen LogP contribution in [-0.2, 0) is 0 Å². The Hall–Kier alpha value is -1.88. The summed E-state index contributed by atoms with van der Waals surface area (Å²) in [5.41, 5.74) is 8.22. The number of benzene rings is 1. The van der Waals surface area contributed by atoms with E-state index in [-0.39, 0.29) is 11.9 Å². The van der Waals surface area contributed by atoms with E-state index in [4.69, 9.17) is 5.73 Å². The minimum Gasteiger partial charge on any atom is -0.398 e. The fourth-order valence-electron chi connectivity index (χ4n) is 2.81. The molecule has 0 saturated carbocycles. The first-order valence-electron chi connectivity index (χ1n) is 6.93. The van der Waals surface area contributed by atoms with Crippen LogP contribution < -0.4 is 5.73 Å². The van der Waals surface area contributed by atoms with Crippen LogP contribution in [0.2, 0.25) is 0 Å². The van der Waals surface area contributed by atoms with Gasteiger partial charge >= 0.3 is 0 Å². The molecule has 1 fully saturated rings. The molecule has 2 aromatic rings. The maximum Gasteiger partial charge on any atom is 0.255 e. The first-order chi connectivity index (χ1) is 10.2. The highest BCUT2D eigenvalue weighted by molar-refractivity contribution is 9.10. The predicted octanol–water partition coefficient (Wildman–Crippen LogP) is 3.40. The van der Waals surface area contributed by atoms with Crippen molar-refractivity contribution in [3.8, 4) is 0 Å². The molecule has 1 aliphatic rings. The summed E-state index contributed by atoms with van der Waals surface area (Å²) >= 11 is 3.42. The summed E-state index contributed by atoms with van der Waals surface area (Å²) in [5.74, 6) is 0.0217. The Kier molecular flexibility index (Phi) is 3.92. The first kappa shape index (κ1) is 14.1. The van der Waals surface area contributed by atoms with E-state index in [1.165, 1.54) is 0 Å². The summed E-state index contributed by atoms with van der Waals surface area (Å²) in [6, 6.07) is 9.48. The highest BCUT2D eigenvalue weighted by atomic mass is 79.9. The second-order valence-electron chi connectivity index (χ2n) is 5.15. The molecule has 3 rings (SSSR count). The van der Waals surface area contributed by atoms with Crippen LogP contribution >= 0.6 is 15.9 Å². The molecule has 2 heterocycles. The van der Waals surface area contributed by atoms with E-state index >= 15 is 0 Å². The number of pyridine rings is 1. The van der Waals surface area contributed by atoms with E-state index < -0.39 is 0 Å². The van der Waals surface area contributed by atoms with E-state index in [2.05, 4.69) is 20.9 Å². The summed E-state index contributed by atoms with van der Waals surface area (Å²) in [7, 11) is 0. The van der Waals surface area contributed by atoms with Crippen LogP contribution in [0.5, 0.6) is 0 Å². The molecule has 5 heteroatoms. The summed E-state index contributed by atoms with van der Waals surface area (Å²) in [6.45, 7) is 0.771. The molecule has 0 aliphatic carbocycles. The maximum absolute atomic E-state index is 12.8. The van der Waals surface area contributed by atoms with Crippen molar-refractivity contribution < 1.29 is 4.79 Å². The molecule has 0 spiro atoms. The predicted molar refractivity (Wildman–Crippen MR) is 85.8 cm³/mol. The van der Waals surface area contributed by atoms with Crippen LogP contribution in [0.4, 0.5) is 5.69 Å². The van der Waals surface area contributed by atoms with Crippen molar-refractivity contribution in [3.63, 3.8) is 0 Å². The maximum atomic E-state index is 12.8. The van der Waals surface area contributed by atoms with Crippen LogP contribution in [-0.4, -0.2) is 22.3 Å². The van der Waals surface area contributed by atoms with Crippen molar-refractivity contribution in [3.05, 3.63) is 58.3 Å². The van der Waals surface area contributed by atoms with Gasteiger partial charge in [0.25, 0.3) is 5.91 Å². The zero-order valence-corrected chi connectivity index (χ0v) is 13.1. The summed E-state index contributed by atoms with van der Waals surface area (Å²) in [4.78, 5) is 18.8. The van der Waals surface area contributed by atoms with Gasteiger partial charge in [-0.15, -0.1) is 0 Å². The Morgan fingerprint density at radius 2 is 2.05 bits per heavy atom. The Morgan fingerprint density at radius 1 is 1.29 bits per heavy atom. The minimum atomic E-state index is 0.0217. The number of amides is 1. The van der Waals surface area contributed by atoms with E-state index in [1.807, 2.05) is 29.2 Å². The van der Waals surface area contributed by atoms with E-state index in [0.717, 1.165) is 24.9 Å². The lowest BCUT2D eigenvalue weighted by Gasteiger charge is -2.25. The zero-order chi connectivity index (χ0) is 14.8. The Labute approximate surface area is 132 Å². The van der Waals surface area contributed by atoms with Gasteiger partial charge in [-0.1, -0.05) is 6.07 Å². The standard InChI is InChI=1S/C16H16BrN3O/c17-15-12(3-1-4-13(15)18)16(21)20-10-2-5-14(20)11-6-8-19-9-7-11/h1,3-4,6-9,14H,2,5,10,18H2. The lowest BCUT2D eigenvalue weighted by Crippen LogP contribution is -2.30. The number of nitrogens with zero attached hydrogens (tertiary/aromatic N) is 2. The molecule has 21 heavy (non-hydrogen) atoms. The minimum absolute atomic E-state index is 0.0217. The second kappa shape index (κ2) is 5.85. The molecule has 108 valence electrons. The molecule has 2 N–H and O–H groups in total. The number of nitrogens with two attached hydrogens (primary N) is 1. The number of carbonyl (C=O) groups is 1. The SMILES string of the molecule is Nc1cccc(C(=O)N2CCCC2c2ccncc2)c1Br. The Balaban J connectivity index is 1.92. The number of hydrogen-bond acceptors (Lipinski definition) is 3. The van der Waals surface area contributed by atoms with Gasteiger partial charge in [-0.25, -0.2) is 0 Å². The average molecular weight is 346 g/mol. The molecule has 1 saturated heterocycles. The van der Waals surface area contributed by atoms with Gasteiger partial charge in [0.1, 0.15) is 0 Å². The van der Waals surface area contributed by atoms with Gasteiger partial charge in [0.15, 0.2) is 0 Å². The smallest absolute Gasteiger partial charge is 0.255 e. The molecule has 1 amide bonds. The quantitative estimate of drug-likeness (QED) is 0.848. The molecule has 1 unspecified atom stereocenters. The van der Waals surface area contributed by atoms with Gasteiger partial charge in [0, 0.05) is 24.6 Å². The molecule has 1 atom stereocenters. The highest BCUT2D eigenvalue weighted by Gasteiger charge is 2.31. The largest absolute Gasteiger partial charge is 0.398 e. The third-order valence-electron chi connectivity index (χ3n) is 3.86. The average Bonchev–Trinajstić information content (AvgIpc) is 3.00. The molecular weight excluding hydrogens is 330 g/mol. The highest BCUT2D eigenvalue weighted by Crippen LogP contribution is 2.34. The van der Waals surface area contributed by atoms with Gasteiger partial charge in [0.2, 0.25) is 0 Å². The lowest BCUT2D eigenvalue weighted by atomic mass is 10.1. The monoisotopic (exact) mass is 345 g/mol. The number of hydrogen-bond donors (Lipinski definition) is 1. The van der Waals surface area contributed by atoms with Crippen LogP contribution in [0.1, 0.15) is 34.8 Å². The molecule has 4 nitrogen and oxygen atoms in total. The van der Waals surface area contributed by atoms with Crippen molar-refractivity contribution in [2.24, 2.45) is 0 Å². The van der Waals surface area contributed by atoms with Gasteiger partial charge < -0.3 is 10.6 Å². The molecular formula is C16H16BrN3O. The lowest BCUT2D eigenvalue weighted by molar-refractivity contribution is 0.0734. The molecule has 0 radical (unpaired) electrons. The topological polar surface area (TPSA) is 59.2 Å². The summed E-state index contributed by atoms with van der Waals surface area (Å²) < 4.78 is 0.676. The van der Waals surface area contributed by atoms with Crippen molar-refractivity contribution in [2.75, 3.05) is 12.3 Å². The normalized spacial score (nSPS) is 18.0. The number of nitrogen functional groups attached to an aromatic ring is 1. The van der Waals surface area contributed by atoms with Gasteiger partial charge in [-0.05, 0) is 58.6 Å². The zero-order valence-electron chi connectivity index (χ0n) is 11.5. The Bertz CT molecular complexity index is 660. The van der Waals surface area contributed by atoms with E-state index in [1.54, 1.807) is 18.5 Å². The molecule has 1 aromatic heterocycles. The van der Waals surface area contributed by atoms with Crippen LogP contribution in [0.15, 0.2) is 47.2 Å². The van der Waals surface area contributed by atoms with E-state index in [9.17, 15) is 4.79 Å². The van der Waals surface area contributed by atoms with Crippen molar-refractivity contribution >= 4 is 27.5 Å². The number of anilines is 1.